The van der Waals surface area contributed by atoms with Crippen LogP contribution in [0.15, 0.2) is 30.3 Å². The van der Waals surface area contributed by atoms with Gasteiger partial charge in [0.1, 0.15) is 11.2 Å². The third kappa shape index (κ3) is 15.6. The van der Waals surface area contributed by atoms with Crippen molar-refractivity contribution in [2.24, 2.45) is 0 Å². The Labute approximate surface area is 260 Å². The van der Waals surface area contributed by atoms with Gasteiger partial charge < -0.3 is 14.4 Å². The first-order chi connectivity index (χ1) is 17.9. The molecule has 0 aromatic carbocycles. The predicted octanol–water partition coefficient (Wildman–Crippen LogP) is 7.95. The standard InChI is InChI=1S/C15H27N3O2.C13H22N2O2.2ClH.Zr/c1-14(2,3)18(19)12-9-11(17(7)8)10-13(16-12)20-15(4,5)6;1-12(2,3)15(16)10-8-7-9-11(14-10)17-13(4,5)6;;;/h9-10,19H,1-8H3;7-9,16H,1-6H3;2*1H;/q;;;;+2/p-2. The molecule has 0 saturated carbocycles. The molecule has 0 spiro atoms. The zero-order chi connectivity index (χ0) is 31.7. The van der Waals surface area contributed by atoms with Crippen molar-refractivity contribution < 1.29 is 40.7 Å². The summed E-state index contributed by atoms with van der Waals surface area (Å²) in [5.41, 5.74) is -0.535. The van der Waals surface area contributed by atoms with Crippen LogP contribution >= 0.6 is 17.0 Å². The van der Waals surface area contributed by atoms with Crippen molar-refractivity contribution in [3.63, 3.8) is 0 Å². The van der Waals surface area contributed by atoms with Gasteiger partial charge in [0.25, 0.3) is 0 Å². The number of hydrogen-bond donors (Lipinski definition) is 2. The number of nitrogens with zero attached hydrogens (tertiary/aromatic N) is 5. The Morgan fingerprint density at radius 3 is 1.48 bits per heavy atom. The van der Waals surface area contributed by atoms with Crippen molar-refractivity contribution in [3.05, 3.63) is 30.3 Å². The maximum absolute atomic E-state index is 10.3. The number of halogens is 2. The van der Waals surface area contributed by atoms with Gasteiger partial charge in [-0.1, -0.05) is 6.07 Å². The zero-order valence-electron chi connectivity index (χ0n) is 26.6. The molecule has 0 amide bonds. The van der Waals surface area contributed by atoms with E-state index in [-0.39, 0.29) is 11.2 Å². The van der Waals surface area contributed by atoms with E-state index in [1.54, 1.807) is 12.1 Å². The van der Waals surface area contributed by atoms with Gasteiger partial charge in [-0.05, 0) is 89.2 Å². The molecule has 0 radical (unpaired) electrons. The van der Waals surface area contributed by atoms with Crippen molar-refractivity contribution in [1.29, 1.82) is 0 Å². The summed E-state index contributed by atoms with van der Waals surface area (Å²) in [6.07, 6.45) is 0. The third-order valence-electron chi connectivity index (χ3n) is 4.52. The molecule has 0 unspecified atom stereocenters. The molecule has 228 valence electrons. The van der Waals surface area contributed by atoms with Gasteiger partial charge in [-0.15, -0.1) is 0 Å². The van der Waals surface area contributed by atoms with Crippen LogP contribution in [0.4, 0.5) is 17.3 Å². The summed E-state index contributed by atoms with van der Waals surface area (Å²) >= 11 is -0.826. The quantitative estimate of drug-likeness (QED) is 0.305. The fraction of sp³-hybridized carbons (Fsp3) is 0.643. The van der Waals surface area contributed by atoms with Gasteiger partial charge >= 0.3 is 37.9 Å². The molecule has 2 aromatic heterocycles. The molecule has 12 heteroatoms. The molecule has 2 rings (SSSR count). The molecule has 9 nitrogen and oxygen atoms in total. The fourth-order valence-corrected chi connectivity index (χ4v) is 2.79. The molecule has 0 bridgehead atoms. The van der Waals surface area contributed by atoms with E-state index in [0.717, 1.165) is 15.8 Å². The van der Waals surface area contributed by atoms with E-state index in [2.05, 4.69) is 9.97 Å². The van der Waals surface area contributed by atoms with Crippen molar-refractivity contribution in [3.8, 4) is 11.8 Å². The molecule has 2 aromatic rings. The van der Waals surface area contributed by atoms with E-state index in [4.69, 9.17) is 26.5 Å². The average Bonchev–Trinajstić information content (AvgIpc) is 2.75. The van der Waals surface area contributed by atoms with E-state index in [1.165, 1.54) is 0 Å². The van der Waals surface area contributed by atoms with Gasteiger partial charge in [-0.3, -0.25) is 10.4 Å². The molecule has 40 heavy (non-hydrogen) atoms. The zero-order valence-corrected chi connectivity index (χ0v) is 30.6. The second-order valence-electron chi connectivity index (χ2n) is 13.2. The summed E-state index contributed by atoms with van der Waals surface area (Å²) < 4.78 is 11.5. The normalized spacial score (nSPS) is 11.8. The van der Waals surface area contributed by atoms with E-state index in [9.17, 15) is 10.4 Å². The molecular weight excluding hydrogens is 632 g/mol. The maximum atomic E-state index is 10.3. The Morgan fingerprint density at radius 2 is 1.07 bits per heavy atom. The van der Waals surface area contributed by atoms with Gasteiger partial charge in [0.05, 0.1) is 11.1 Å². The topological polar surface area (TPSA) is 94.4 Å². The summed E-state index contributed by atoms with van der Waals surface area (Å²) in [7, 11) is 13.8. The number of ether oxygens (including phenoxy) is 2. The second-order valence-corrected chi connectivity index (χ2v) is 16.9. The van der Waals surface area contributed by atoms with Crippen LogP contribution in [0.25, 0.3) is 0 Å². The Hall–Kier alpha value is -1.32. The number of rotatable bonds is 5. The van der Waals surface area contributed by atoms with Gasteiger partial charge in [-0.2, -0.15) is 9.97 Å². The summed E-state index contributed by atoms with van der Waals surface area (Å²) in [6, 6.07) is 9.05. The number of hydrogen-bond acceptors (Lipinski definition) is 9. The Morgan fingerprint density at radius 1 is 0.675 bits per heavy atom. The number of hydroxylamine groups is 2. The molecule has 2 N–H and O–H groups in total. The molecular formula is C28H49Cl2N5O4Zr. The minimum atomic E-state index is -0.826. The molecule has 0 fully saturated rings. The minimum absolute atomic E-state index is 0.298. The van der Waals surface area contributed by atoms with E-state index in [0.29, 0.717) is 23.4 Å². The molecule has 0 aliphatic rings. The first-order valence-corrected chi connectivity index (χ1v) is 19.2. The fourth-order valence-electron chi connectivity index (χ4n) is 2.79. The van der Waals surface area contributed by atoms with Gasteiger partial charge in [0.15, 0.2) is 11.6 Å². The van der Waals surface area contributed by atoms with Crippen LogP contribution in [-0.4, -0.2) is 56.8 Å². The van der Waals surface area contributed by atoms with E-state index in [1.807, 2.05) is 120 Å². The molecule has 0 saturated heterocycles. The van der Waals surface area contributed by atoms with Crippen molar-refractivity contribution in [2.75, 3.05) is 29.1 Å². The van der Waals surface area contributed by atoms with Gasteiger partial charge in [0, 0.05) is 38.0 Å². The molecule has 0 aliphatic heterocycles. The van der Waals surface area contributed by atoms with Crippen molar-refractivity contribution >= 4 is 34.3 Å². The molecule has 2 heterocycles. The van der Waals surface area contributed by atoms with Crippen LogP contribution in [0.5, 0.6) is 11.8 Å². The average molecular weight is 682 g/mol. The van der Waals surface area contributed by atoms with Gasteiger partial charge in [-0.25, -0.2) is 10.1 Å². The summed E-state index contributed by atoms with van der Waals surface area (Å²) in [5, 5.41) is 22.6. The Bertz CT molecular complexity index is 1030. The van der Waals surface area contributed by atoms with Crippen LogP contribution in [0.3, 0.4) is 0 Å². The first kappa shape index (κ1) is 38.7. The Kier molecular flexibility index (Phi) is 15.3. The van der Waals surface area contributed by atoms with Crippen LogP contribution in [0.1, 0.15) is 83.1 Å². The van der Waals surface area contributed by atoms with Crippen LogP contribution in [0.2, 0.25) is 0 Å². The molecule has 0 atom stereocenters. The number of pyridine rings is 2. The van der Waals surface area contributed by atoms with E-state index >= 15 is 0 Å². The number of anilines is 3. The van der Waals surface area contributed by atoms with Crippen LogP contribution in [0, 0.1) is 0 Å². The predicted molar refractivity (Wildman–Crippen MR) is 163 cm³/mol. The van der Waals surface area contributed by atoms with Gasteiger partial charge in [0.2, 0.25) is 11.8 Å². The SMILES string of the molecule is CC(C)(C)Oc1cccc(N(O)C(C)(C)C)n1.CN(C)c1cc(OC(C)(C)C)nc(N(O)C(C)(C)C)c1.[Cl][Zr][Cl]. The van der Waals surface area contributed by atoms with Crippen molar-refractivity contribution in [1.82, 2.24) is 9.97 Å². The first-order valence-electron chi connectivity index (χ1n) is 12.9. The summed E-state index contributed by atoms with van der Waals surface area (Å²) in [6.45, 7) is 23.3. The monoisotopic (exact) mass is 679 g/mol. The summed E-state index contributed by atoms with van der Waals surface area (Å²) in [4.78, 5) is 10.6. The van der Waals surface area contributed by atoms with Crippen LogP contribution in [-0.2, 0) is 20.8 Å². The second kappa shape index (κ2) is 15.8. The summed E-state index contributed by atoms with van der Waals surface area (Å²) in [5.74, 6) is 1.97. The Balaban J connectivity index is 0.000000699. The number of aromatic nitrogens is 2. The third-order valence-corrected chi connectivity index (χ3v) is 4.52. The van der Waals surface area contributed by atoms with Crippen LogP contribution < -0.4 is 24.5 Å². The van der Waals surface area contributed by atoms with Crippen molar-refractivity contribution in [2.45, 2.75) is 105 Å². The molecule has 0 aliphatic carbocycles. The van der Waals surface area contributed by atoms with E-state index < -0.39 is 31.9 Å².